The molecule has 1 aromatic heterocycles. The van der Waals surface area contributed by atoms with E-state index in [2.05, 4.69) is 10.3 Å². The number of carbonyl (C=O) groups is 1. The number of aromatic nitrogens is 1. The topological polar surface area (TPSA) is 54.5 Å². The van der Waals surface area contributed by atoms with Gasteiger partial charge < -0.3 is 15.0 Å². The Labute approximate surface area is 136 Å². The molecule has 0 radical (unpaired) electrons. The molecule has 0 saturated carbocycles. The zero-order chi connectivity index (χ0) is 16.1. The molecule has 3 rings (SSSR count). The zero-order valence-corrected chi connectivity index (χ0v) is 13.2. The van der Waals surface area contributed by atoms with E-state index in [1.165, 1.54) is 0 Å². The van der Waals surface area contributed by atoms with Crippen LogP contribution in [-0.2, 0) is 0 Å². The predicted molar refractivity (Wildman–Crippen MR) is 88.7 cm³/mol. The number of amides is 1. The van der Waals surface area contributed by atoms with Gasteiger partial charge in [-0.25, -0.2) is 0 Å². The number of pyridine rings is 1. The molecule has 2 aromatic rings. The summed E-state index contributed by atoms with van der Waals surface area (Å²) >= 11 is 0. The van der Waals surface area contributed by atoms with Gasteiger partial charge in [0.1, 0.15) is 11.5 Å². The normalized spacial score (nSPS) is 17.3. The molecular formula is C18H21N3O2. The molecule has 1 aliphatic rings. The van der Waals surface area contributed by atoms with Crippen molar-refractivity contribution in [2.45, 2.75) is 6.42 Å². The number of nitrogens with zero attached hydrogens (tertiary/aromatic N) is 2. The van der Waals surface area contributed by atoms with Crippen molar-refractivity contribution in [1.29, 1.82) is 0 Å². The van der Waals surface area contributed by atoms with Crippen LogP contribution < -0.4 is 10.1 Å². The number of ether oxygens (including phenoxy) is 1. The molecule has 1 aromatic carbocycles. The highest BCUT2D eigenvalue weighted by Crippen LogP contribution is 2.27. The minimum atomic E-state index is 0.0306. The predicted octanol–water partition coefficient (Wildman–Crippen LogP) is 2.56. The van der Waals surface area contributed by atoms with E-state index in [1.54, 1.807) is 12.4 Å². The Morgan fingerprint density at radius 1 is 1.35 bits per heavy atom. The van der Waals surface area contributed by atoms with Crippen LogP contribution in [0.25, 0.3) is 0 Å². The van der Waals surface area contributed by atoms with E-state index in [0.29, 0.717) is 23.0 Å². The molecule has 1 fully saturated rings. The summed E-state index contributed by atoms with van der Waals surface area (Å²) in [5, 5.41) is 3.18. The fourth-order valence-electron chi connectivity index (χ4n) is 2.91. The molecule has 0 bridgehead atoms. The average Bonchev–Trinajstić information content (AvgIpc) is 3.05. The third-order valence-electron chi connectivity index (χ3n) is 4.05. The minimum Gasteiger partial charge on any atom is -0.455 e. The summed E-state index contributed by atoms with van der Waals surface area (Å²) in [7, 11) is 1.95. The lowest BCUT2D eigenvalue weighted by Gasteiger charge is -2.18. The van der Waals surface area contributed by atoms with E-state index >= 15 is 0 Å². The van der Waals surface area contributed by atoms with Crippen LogP contribution in [0.1, 0.15) is 16.8 Å². The number of hydrogen-bond donors (Lipinski definition) is 1. The van der Waals surface area contributed by atoms with Crippen molar-refractivity contribution in [3.63, 3.8) is 0 Å². The van der Waals surface area contributed by atoms with Crippen LogP contribution in [0.5, 0.6) is 11.5 Å². The highest BCUT2D eigenvalue weighted by Gasteiger charge is 2.28. The van der Waals surface area contributed by atoms with Crippen LogP contribution in [0.2, 0.25) is 0 Å². The van der Waals surface area contributed by atoms with Crippen molar-refractivity contribution in [3.8, 4) is 11.5 Å². The Hall–Kier alpha value is -2.40. The van der Waals surface area contributed by atoms with Gasteiger partial charge in [0, 0.05) is 19.3 Å². The number of nitrogens with one attached hydrogen (secondary N) is 1. The second-order valence-corrected chi connectivity index (χ2v) is 5.75. The summed E-state index contributed by atoms with van der Waals surface area (Å²) in [4.78, 5) is 18.8. The molecule has 1 atom stereocenters. The summed E-state index contributed by atoms with van der Waals surface area (Å²) in [6.45, 7) is 2.53. The molecule has 1 aliphatic heterocycles. The first-order chi connectivity index (χ1) is 11.3. The maximum absolute atomic E-state index is 12.8. The molecular weight excluding hydrogens is 290 g/mol. The molecule has 120 valence electrons. The van der Waals surface area contributed by atoms with Gasteiger partial charge in [-0.2, -0.15) is 0 Å². The third kappa shape index (κ3) is 3.68. The standard InChI is InChI=1S/C18H21N3O2/c1-19-11-14-8-10-21(13-14)18(22)16-6-2-3-7-17(16)23-15-5-4-9-20-12-15/h2-7,9,12,14,19H,8,10-11,13H2,1H3/t14-/m1/s1. The van der Waals surface area contributed by atoms with Crippen LogP contribution >= 0.6 is 0 Å². The zero-order valence-electron chi connectivity index (χ0n) is 13.2. The van der Waals surface area contributed by atoms with Gasteiger partial charge in [-0.1, -0.05) is 12.1 Å². The maximum Gasteiger partial charge on any atom is 0.257 e. The molecule has 0 aliphatic carbocycles. The lowest BCUT2D eigenvalue weighted by molar-refractivity contribution is 0.0784. The van der Waals surface area contributed by atoms with Crippen molar-refractivity contribution >= 4 is 5.91 Å². The van der Waals surface area contributed by atoms with Gasteiger partial charge in [0.25, 0.3) is 5.91 Å². The second-order valence-electron chi connectivity index (χ2n) is 5.75. The highest BCUT2D eigenvalue weighted by atomic mass is 16.5. The number of rotatable bonds is 5. The second kappa shape index (κ2) is 7.24. The van der Waals surface area contributed by atoms with Gasteiger partial charge in [0.05, 0.1) is 11.8 Å². The number of benzene rings is 1. The Kier molecular flexibility index (Phi) is 4.88. The molecule has 5 heteroatoms. The van der Waals surface area contributed by atoms with Gasteiger partial charge >= 0.3 is 0 Å². The van der Waals surface area contributed by atoms with Crippen LogP contribution in [0.15, 0.2) is 48.8 Å². The first-order valence-corrected chi connectivity index (χ1v) is 7.88. The maximum atomic E-state index is 12.8. The Bertz CT molecular complexity index is 660. The number of hydrogen-bond acceptors (Lipinski definition) is 4. The molecule has 0 spiro atoms. The van der Waals surface area contributed by atoms with Crippen LogP contribution in [-0.4, -0.2) is 42.5 Å². The van der Waals surface area contributed by atoms with E-state index in [-0.39, 0.29) is 5.91 Å². The van der Waals surface area contributed by atoms with E-state index < -0.39 is 0 Å². The van der Waals surface area contributed by atoms with Crippen molar-refractivity contribution < 1.29 is 9.53 Å². The molecule has 5 nitrogen and oxygen atoms in total. The Morgan fingerprint density at radius 3 is 3.00 bits per heavy atom. The quantitative estimate of drug-likeness (QED) is 0.922. The smallest absolute Gasteiger partial charge is 0.257 e. The van der Waals surface area contributed by atoms with Crippen molar-refractivity contribution in [2.75, 3.05) is 26.7 Å². The van der Waals surface area contributed by atoms with Gasteiger partial charge in [-0.15, -0.1) is 0 Å². The van der Waals surface area contributed by atoms with Gasteiger partial charge in [0.15, 0.2) is 0 Å². The lowest BCUT2D eigenvalue weighted by atomic mass is 10.1. The number of para-hydroxylation sites is 1. The first kappa shape index (κ1) is 15.5. The third-order valence-corrected chi connectivity index (χ3v) is 4.05. The monoisotopic (exact) mass is 311 g/mol. The SMILES string of the molecule is CNC[C@H]1CCN(C(=O)c2ccccc2Oc2cccnc2)C1. The average molecular weight is 311 g/mol. The number of carbonyl (C=O) groups excluding carboxylic acids is 1. The fraction of sp³-hybridized carbons (Fsp3) is 0.333. The number of likely N-dealkylation sites (tertiary alicyclic amines) is 1. The lowest BCUT2D eigenvalue weighted by Crippen LogP contribution is -2.30. The van der Waals surface area contributed by atoms with E-state index in [9.17, 15) is 4.79 Å². The van der Waals surface area contributed by atoms with Crippen molar-refractivity contribution in [1.82, 2.24) is 15.2 Å². The van der Waals surface area contributed by atoms with Gasteiger partial charge in [-0.05, 0) is 50.2 Å². The van der Waals surface area contributed by atoms with E-state index in [4.69, 9.17) is 4.74 Å². The van der Waals surface area contributed by atoms with Gasteiger partial charge in [-0.3, -0.25) is 9.78 Å². The highest BCUT2D eigenvalue weighted by molar-refractivity contribution is 5.97. The fourth-order valence-corrected chi connectivity index (χ4v) is 2.91. The summed E-state index contributed by atoms with van der Waals surface area (Å²) in [5.74, 6) is 1.75. The summed E-state index contributed by atoms with van der Waals surface area (Å²) < 4.78 is 5.84. The van der Waals surface area contributed by atoms with Crippen LogP contribution in [0, 0.1) is 5.92 Å². The van der Waals surface area contributed by atoms with Gasteiger partial charge in [0.2, 0.25) is 0 Å². The van der Waals surface area contributed by atoms with E-state index in [0.717, 1.165) is 26.1 Å². The Morgan fingerprint density at radius 2 is 2.22 bits per heavy atom. The summed E-state index contributed by atoms with van der Waals surface area (Å²) in [5.41, 5.74) is 0.599. The first-order valence-electron chi connectivity index (χ1n) is 7.88. The molecule has 1 amide bonds. The molecule has 1 N–H and O–H groups in total. The summed E-state index contributed by atoms with van der Waals surface area (Å²) in [6.07, 6.45) is 4.37. The van der Waals surface area contributed by atoms with Crippen LogP contribution in [0.4, 0.5) is 0 Å². The molecule has 0 unspecified atom stereocenters. The minimum absolute atomic E-state index is 0.0306. The molecule has 2 heterocycles. The van der Waals surface area contributed by atoms with E-state index in [1.807, 2.05) is 48.3 Å². The van der Waals surface area contributed by atoms with Crippen molar-refractivity contribution in [3.05, 3.63) is 54.4 Å². The summed E-state index contributed by atoms with van der Waals surface area (Å²) in [6, 6.07) is 11.0. The molecule has 23 heavy (non-hydrogen) atoms. The Balaban J connectivity index is 1.76. The van der Waals surface area contributed by atoms with Crippen LogP contribution in [0.3, 0.4) is 0 Å². The largest absolute Gasteiger partial charge is 0.455 e. The van der Waals surface area contributed by atoms with Crippen molar-refractivity contribution in [2.24, 2.45) is 5.92 Å². The molecule has 1 saturated heterocycles.